The number of sulfonamides is 1. The van der Waals surface area contributed by atoms with Crippen LogP contribution >= 0.6 is 0 Å². The summed E-state index contributed by atoms with van der Waals surface area (Å²) >= 11 is 0. The first kappa shape index (κ1) is 23.1. The number of amides is 1. The maximum Gasteiger partial charge on any atom is 0.243 e. The lowest BCUT2D eigenvalue weighted by Gasteiger charge is -2.35. The summed E-state index contributed by atoms with van der Waals surface area (Å²) in [4.78, 5) is 14.9. The minimum absolute atomic E-state index is 0.00227. The van der Waals surface area contributed by atoms with Crippen molar-refractivity contribution in [3.8, 4) is 0 Å². The molecule has 2 aliphatic heterocycles. The molecular weight excluding hydrogens is 409 g/mol. The summed E-state index contributed by atoms with van der Waals surface area (Å²) in [5.74, 6) is -0.646. The predicted molar refractivity (Wildman–Crippen MR) is 112 cm³/mol. The third-order valence-electron chi connectivity index (χ3n) is 5.72. The summed E-state index contributed by atoms with van der Waals surface area (Å²) in [5, 5.41) is 3.00. The zero-order chi connectivity index (χ0) is 21.7. The first-order chi connectivity index (χ1) is 14.3. The van der Waals surface area contributed by atoms with Crippen molar-refractivity contribution in [3.05, 3.63) is 30.1 Å². The Morgan fingerprint density at radius 3 is 2.33 bits per heavy atom. The number of nitrogens with one attached hydrogen (secondary N) is 1. The highest BCUT2D eigenvalue weighted by Crippen LogP contribution is 2.24. The molecule has 3 rings (SSSR count). The second-order valence-corrected chi connectivity index (χ2v) is 10.2. The van der Waals surface area contributed by atoms with E-state index >= 15 is 0 Å². The molecule has 2 heterocycles. The molecule has 2 aliphatic rings. The van der Waals surface area contributed by atoms with Gasteiger partial charge in [0.1, 0.15) is 5.82 Å². The van der Waals surface area contributed by atoms with Gasteiger partial charge in [0.25, 0.3) is 0 Å². The number of nitrogens with zero attached hydrogens (tertiary/aromatic N) is 2. The third-order valence-corrected chi connectivity index (χ3v) is 7.63. The Morgan fingerprint density at radius 1 is 1.13 bits per heavy atom. The molecule has 0 unspecified atom stereocenters. The number of morpholine rings is 1. The van der Waals surface area contributed by atoms with Gasteiger partial charge in [-0.2, -0.15) is 4.31 Å². The van der Waals surface area contributed by atoms with Gasteiger partial charge in [0.15, 0.2) is 0 Å². The molecule has 168 valence electrons. The van der Waals surface area contributed by atoms with E-state index in [4.69, 9.17) is 4.74 Å². The Kier molecular flexibility index (Phi) is 7.84. The molecule has 0 saturated carbocycles. The Labute approximate surface area is 178 Å². The maximum absolute atomic E-state index is 13.1. The van der Waals surface area contributed by atoms with Gasteiger partial charge >= 0.3 is 0 Å². The number of ether oxygens (including phenoxy) is 1. The monoisotopic (exact) mass is 441 g/mol. The number of carbonyl (C=O) groups is 1. The molecule has 30 heavy (non-hydrogen) atoms. The average Bonchev–Trinajstić information content (AvgIpc) is 2.71. The van der Waals surface area contributed by atoms with E-state index in [1.54, 1.807) is 0 Å². The average molecular weight is 442 g/mol. The number of benzene rings is 1. The topological polar surface area (TPSA) is 79.0 Å². The van der Waals surface area contributed by atoms with Crippen LogP contribution in [-0.2, 0) is 19.6 Å². The molecule has 0 aromatic heterocycles. The molecule has 1 amide bonds. The standard InChI is InChI=1S/C21H32FN3O4S/c1-16-14-24(15-17(2)29-16)11-3-10-23-21(26)18-8-12-25(13-9-18)30(27,28)20-6-4-19(22)5-7-20/h4-7,16-18H,3,8-15H2,1-2H3,(H,23,26)/t16-,17-/m1/s1. The molecule has 1 N–H and O–H groups in total. The van der Waals surface area contributed by atoms with Crippen molar-refractivity contribution < 1.29 is 22.3 Å². The van der Waals surface area contributed by atoms with Crippen LogP contribution in [0.5, 0.6) is 0 Å². The van der Waals surface area contributed by atoms with Crippen LogP contribution in [0, 0.1) is 11.7 Å². The largest absolute Gasteiger partial charge is 0.373 e. The minimum atomic E-state index is -3.65. The van der Waals surface area contributed by atoms with E-state index in [2.05, 4.69) is 24.1 Å². The highest BCUT2D eigenvalue weighted by molar-refractivity contribution is 7.89. The maximum atomic E-state index is 13.1. The van der Waals surface area contributed by atoms with E-state index in [-0.39, 0.29) is 28.9 Å². The van der Waals surface area contributed by atoms with E-state index in [0.29, 0.717) is 32.5 Å². The number of rotatable bonds is 7. The first-order valence-electron chi connectivity index (χ1n) is 10.7. The molecule has 1 aromatic rings. The number of carbonyl (C=O) groups excluding carboxylic acids is 1. The molecule has 2 fully saturated rings. The van der Waals surface area contributed by atoms with Crippen molar-refractivity contribution in [1.29, 1.82) is 0 Å². The van der Waals surface area contributed by atoms with Gasteiger partial charge in [0.2, 0.25) is 15.9 Å². The second kappa shape index (κ2) is 10.2. The van der Waals surface area contributed by atoms with Crippen molar-refractivity contribution in [2.75, 3.05) is 39.3 Å². The summed E-state index contributed by atoms with van der Waals surface area (Å²) in [5.41, 5.74) is 0. The predicted octanol–water partition coefficient (Wildman–Crippen LogP) is 1.84. The lowest BCUT2D eigenvalue weighted by Crippen LogP contribution is -2.46. The van der Waals surface area contributed by atoms with Crippen LogP contribution in [0.2, 0.25) is 0 Å². The first-order valence-corrected chi connectivity index (χ1v) is 12.1. The highest BCUT2D eigenvalue weighted by Gasteiger charge is 2.32. The Morgan fingerprint density at radius 2 is 1.73 bits per heavy atom. The fraction of sp³-hybridized carbons (Fsp3) is 0.667. The van der Waals surface area contributed by atoms with Gasteiger partial charge in [0.05, 0.1) is 17.1 Å². The van der Waals surface area contributed by atoms with E-state index in [9.17, 15) is 17.6 Å². The van der Waals surface area contributed by atoms with Gasteiger partial charge in [-0.1, -0.05) is 0 Å². The quantitative estimate of drug-likeness (QED) is 0.654. The van der Waals surface area contributed by atoms with Crippen LogP contribution in [0.25, 0.3) is 0 Å². The number of halogens is 1. The van der Waals surface area contributed by atoms with Crippen molar-refractivity contribution >= 4 is 15.9 Å². The normalized spacial score (nSPS) is 24.6. The molecule has 2 saturated heterocycles. The van der Waals surface area contributed by atoms with E-state index in [0.717, 1.165) is 38.2 Å². The molecule has 0 bridgehead atoms. The van der Waals surface area contributed by atoms with Crippen LogP contribution in [0.3, 0.4) is 0 Å². The van der Waals surface area contributed by atoms with Gasteiger partial charge in [0, 0.05) is 45.2 Å². The molecule has 2 atom stereocenters. The fourth-order valence-corrected chi connectivity index (χ4v) is 5.71. The highest BCUT2D eigenvalue weighted by atomic mass is 32.2. The van der Waals surface area contributed by atoms with Crippen molar-refractivity contribution in [1.82, 2.24) is 14.5 Å². The Bertz CT molecular complexity index is 800. The molecule has 1 aromatic carbocycles. The van der Waals surface area contributed by atoms with Gasteiger partial charge in [-0.25, -0.2) is 12.8 Å². The number of hydrogen-bond acceptors (Lipinski definition) is 5. The van der Waals surface area contributed by atoms with E-state index in [1.165, 1.54) is 16.4 Å². The Balaban J connectivity index is 1.39. The smallest absolute Gasteiger partial charge is 0.243 e. The summed E-state index contributed by atoms with van der Waals surface area (Å²) in [6, 6.07) is 4.84. The fourth-order valence-electron chi connectivity index (χ4n) is 4.24. The van der Waals surface area contributed by atoms with Crippen molar-refractivity contribution in [2.45, 2.75) is 50.2 Å². The van der Waals surface area contributed by atoms with Crippen LogP contribution in [-0.4, -0.2) is 75.0 Å². The van der Waals surface area contributed by atoms with Gasteiger partial charge in [-0.3, -0.25) is 9.69 Å². The van der Waals surface area contributed by atoms with Gasteiger partial charge in [-0.05, 0) is 57.4 Å². The van der Waals surface area contributed by atoms with Crippen LogP contribution in [0.1, 0.15) is 33.1 Å². The summed E-state index contributed by atoms with van der Waals surface area (Å²) in [6.45, 7) is 8.11. The number of hydrogen-bond donors (Lipinski definition) is 1. The molecule has 0 aliphatic carbocycles. The van der Waals surface area contributed by atoms with Gasteiger partial charge < -0.3 is 10.1 Å². The van der Waals surface area contributed by atoms with E-state index in [1.807, 2.05) is 0 Å². The zero-order valence-corrected chi connectivity index (χ0v) is 18.5. The molecule has 7 nitrogen and oxygen atoms in total. The van der Waals surface area contributed by atoms with Crippen LogP contribution in [0.4, 0.5) is 4.39 Å². The van der Waals surface area contributed by atoms with Crippen LogP contribution < -0.4 is 5.32 Å². The van der Waals surface area contributed by atoms with Gasteiger partial charge in [-0.15, -0.1) is 0 Å². The summed E-state index contributed by atoms with van der Waals surface area (Å²) < 4.78 is 45.5. The molecule has 9 heteroatoms. The SMILES string of the molecule is C[C@@H]1CN(CCCNC(=O)C2CCN(S(=O)(=O)c3ccc(F)cc3)CC2)C[C@@H](C)O1. The minimum Gasteiger partial charge on any atom is -0.373 e. The van der Waals surface area contributed by atoms with E-state index < -0.39 is 15.8 Å². The third kappa shape index (κ3) is 6.00. The van der Waals surface area contributed by atoms with Crippen molar-refractivity contribution in [2.24, 2.45) is 5.92 Å². The molecular formula is C21H32FN3O4S. The molecule has 0 radical (unpaired) electrons. The van der Waals surface area contributed by atoms with Crippen LogP contribution in [0.15, 0.2) is 29.2 Å². The Hall–Kier alpha value is -1.55. The second-order valence-electron chi connectivity index (χ2n) is 8.29. The lowest BCUT2D eigenvalue weighted by molar-refractivity contribution is -0.126. The lowest BCUT2D eigenvalue weighted by atomic mass is 9.97. The number of piperidine rings is 1. The summed E-state index contributed by atoms with van der Waals surface area (Å²) in [7, 11) is -3.65. The van der Waals surface area contributed by atoms with Crippen molar-refractivity contribution in [3.63, 3.8) is 0 Å². The molecule has 0 spiro atoms. The zero-order valence-electron chi connectivity index (χ0n) is 17.7. The summed E-state index contributed by atoms with van der Waals surface area (Å²) in [6.07, 6.45) is 2.33.